The van der Waals surface area contributed by atoms with Gasteiger partial charge in [-0.2, -0.15) is 0 Å². The molecule has 0 aliphatic rings. The van der Waals surface area contributed by atoms with Gasteiger partial charge in [-0.3, -0.25) is 9.59 Å². The van der Waals surface area contributed by atoms with Crippen molar-refractivity contribution < 1.29 is 9.53 Å². The Morgan fingerprint density at radius 1 is 1.35 bits per heavy atom. The highest BCUT2D eigenvalue weighted by atomic mass is 16.5. The van der Waals surface area contributed by atoms with Crippen molar-refractivity contribution in [2.75, 3.05) is 7.11 Å². The van der Waals surface area contributed by atoms with E-state index in [2.05, 4.69) is 10.3 Å². The number of carbonyl (C=O) groups is 1. The molecule has 2 rings (SSSR count). The van der Waals surface area contributed by atoms with Gasteiger partial charge in [-0.1, -0.05) is 6.92 Å². The Hall–Kier alpha value is -2.30. The molecule has 0 saturated carbocycles. The Balaban J connectivity index is 2.24. The summed E-state index contributed by atoms with van der Waals surface area (Å²) in [6.07, 6.45) is 1.27. The average Bonchev–Trinajstić information content (AvgIpc) is 2.44. The van der Waals surface area contributed by atoms with Crippen molar-refractivity contribution in [2.45, 2.75) is 26.3 Å². The Morgan fingerprint density at radius 3 is 2.85 bits per heavy atom. The zero-order valence-electron chi connectivity index (χ0n) is 11.7. The maximum atomic E-state index is 12.0. The fourth-order valence-electron chi connectivity index (χ4n) is 1.99. The van der Waals surface area contributed by atoms with Gasteiger partial charge in [-0.05, 0) is 30.0 Å². The second kappa shape index (κ2) is 6.23. The number of aromatic amines is 1. The van der Waals surface area contributed by atoms with Crippen LogP contribution in [0.5, 0.6) is 5.75 Å². The van der Waals surface area contributed by atoms with E-state index in [0.717, 1.165) is 17.3 Å². The van der Waals surface area contributed by atoms with E-state index in [4.69, 9.17) is 4.74 Å². The molecule has 1 aromatic carbocycles. The zero-order chi connectivity index (χ0) is 14.5. The first-order valence-corrected chi connectivity index (χ1v) is 6.60. The average molecular weight is 274 g/mol. The first-order chi connectivity index (χ1) is 9.63. The molecule has 1 heterocycles. The first-order valence-electron chi connectivity index (χ1n) is 6.60. The van der Waals surface area contributed by atoms with Crippen molar-refractivity contribution in [3.05, 3.63) is 40.2 Å². The molecule has 20 heavy (non-hydrogen) atoms. The quantitative estimate of drug-likeness (QED) is 0.875. The monoisotopic (exact) mass is 274 g/mol. The number of pyridine rings is 1. The molecule has 0 saturated heterocycles. The van der Waals surface area contributed by atoms with E-state index >= 15 is 0 Å². The lowest BCUT2D eigenvalue weighted by Crippen LogP contribution is -2.26. The summed E-state index contributed by atoms with van der Waals surface area (Å²) in [5, 5.41) is 3.65. The van der Waals surface area contributed by atoms with Crippen LogP contribution in [0.4, 0.5) is 0 Å². The third-order valence-electron chi connectivity index (χ3n) is 3.08. The van der Waals surface area contributed by atoms with Gasteiger partial charge in [0.1, 0.15) is 5.75 Å². The SMILES string of the molecule is CCCC(=O)NCc1cc2ccc(OC)cc2[nH]c1=O. The standard InChI is InChI=1S/C15H18N2O3/c1-3-4-14(18)16-9-11-7-10-5-6-12(20-2)8-13(10)17-15(11)19/h5-8H,3-4,9H2,1-2H3,(H,16,18)(H,17,19). The number of carbonyl (C=O) groups excluding carboxylic acids is 1. The van der Waals surface area contributed by atoms with E-state index in [1.54, 1.807) is 19.2 Å². The minimum atomic E-state index is -0.192. The third kappa shape index (κ3) is 3.17. The molecule has 0 radical (unpaired) electrons. The maximum Gasteiger partial charge on any atom is 0.253 e. The molecule has 106 valence electrons. The van der Waals surface area contributed by atoms with E-state index in [0.29, 0.717) is 17.7 Å². The van der Waals surface area contributed by atoms with Crippen LogP contribution in [-0.2, 0) is 11.3 Å². The van der Waals surface area contributed by atoms with E-state index in [1.807, 2.05) is 19.1 Å². The number of nitrogens with one attached hydrogen (secondary N) is 2. The van der Waals surface area contributed by atoms with Crippen LogP contribution in [0.3, 0.4) is 0 Å². The highest BCUT2D eigenvalue weighted by Crippen LogP contribution is 2.18. The molecular weight excluding hydrogens is 256 g/mol. The molecule has 5 heteroatoms. The minimum Gasteiger partial charge on any atom is -0.497 e. The van der Waals surface area contributed by atoms with Crippen LogP contribution >= 0.6 is 0 Å². The predicted octanol–water partition coefficient (Wildman–Crippen LogP) is 1.95. The van der Waals surface area contributed by atoms with Crippen LogP contribution < -0.4 is 15.6 Å². The molecule has 1 amide bonds. The number of H-pyrrole nitrogens is 1. The molecule has 1 aromatic heterocycles. The minimum absolute atomic E-state index is 0.0401. The number of aromatic nitrogens is 1. The molecular formula is C15H18N2O3. The van der Waals surface area contributed by atoms with Crippen LogP contribution in [0.1, 0.15) is 25.3 Å². The maximum absolute atomic E-state index is 12.0. The summed E-state index contributed by atoms with van der Waals surface area (Å²) in [6, 6.07) is 7.28. The number of hydrogen-bond acceptors (Lipinski definition) is 3. The normalized spacial score (nSPS) is 10.5. The summed E-state index contributed by atoms with van der Waals surface area (Å²) >= 11 is 0. The van der Waals surface area contributed by atoms with Gasteiger partial charge in [0, 0.05) is 24.6 Å². The molecule has 2 N–H and O–H groups in total. The number of fused-ring (bicyclic) bond motifs is 1. The third-order valence-corrected chi connectivity index (χ3v) is 3.08. The van der Waals surface area contributed by atoms with Gasteiger partial charge in [0.25, 0.3) is 5.56 Å². The van der Waals surface area contributed by atoms with Crippen molar-refractivity contribution in [1.82, 2.24) is 10.3 Å². The molecule has 0 aliphatic carbocycles. The fourth-order valence-corrected chi connectivity index (χ4v) is 1.99. The molecule has 2 aromatic rings. The number of rotatable bonds is 5. The number of benzene rings is 1. The number of methoxy groups -OCH3 is 1. The van der Waals surface area contributed by atoms with Crippen LogP contribution in [0.15, 0.2) is 29.1 Å². The number of hydrogen-bond donors (Lipinski definition) is 2. The number of amides is 1. The van der Waals surface area contributed by atoms with Gasteiger partial charge in [0.2, 0.25) is 5.91 Å². The van der Waals surface area contributed by atoms with E-state index in [-0.39, 0.29) is 18.0 Å². The molecule has 0 fully saturated rings. The van der Waals surface area contributed by atoms with Gasteiger partial charge >= 0.3 is 0 Å². The topological polar surface area (TPSA) is 71.2 Å². The van der Waals surface area contributed by atoms with Crippen molar-refractivity contribution in [3.8, 4) is 5.75 Å². The van der Waals surface area contributed by atoms with E-state index in [9.17, 15) is 9.59 Å². The Morgan fingerprint density at radius 2 is 2.15 bits per heavy atom. The second-order valence-corrected chi connectivity index (χ2v) is 4.60. The summed E-state index contributed by atoms with van der Waals surface area (Å²) in [6.45, 7) is 2.19. The van der Waals surface area contributed by atoms with Gasteiger partial charge in [0.15, 0.2) is 0 Å². The fraction of sp³-hybridized carbons (Fsp3) is 0.333. The molecule has 0 aliphatic heterocycles. The summed E-state index contributed by atoms with van der Waals surface area (Å²) < 4.78 is 5.12. The molecule has 0 unspecified atom stereocenters. The van der Waals surface area contributed by atoms with Crippen LogP contribution in [0.2, 0.25) is 0 Å². The lowest BCUT2D eigenvalue weighted by atomic mass is 10.1. The molecule has 0 spiro atoms. The van der Waals surface area contributed by atoms with Gasteiger partial charge < -0.3 is 15.0 Å². The van der Waals surface area contributed by atoms with Crippen molar-refractivity contribution in [2.24, 2.45) is 0 Å². The highest BCUT2D eigenvalue weighted by Gasteiger charge is 2.06. The Labute approximate surface area is 117 Å². The zero-order valence-corrected chi connectivity index (χ0v) is 11.7. The first kappa shape index (κ1) is 14.1. The Kier molecular flexibility index (Phi) is 4.40. The van der Waals surface area contributed by atoms with Crippen LogP contribution in [-0.4, -0.2) is 18.0 Å². The lowest BCUT2D eigenvalue weighted by molar-refractivity contribution is -0.121. The summed E-state index contributed by atoms with van der Waals surface area (Å²) in [4.78, 5) is 26.2. The lowest BCUT2D eigenvalue weighted by Gasteiger charge is -2.06. The summed E-state index contributed by atoms with van der Waals surface area (Å²) in [5.74, 6) is 0.652. The molecule has 0 bridgehead atoms. The Bertz CT molecular complexity index is 676. The predicted molar refractivity (Wildman–Crippen MR) is 77.9 cm³/mol. The summed E-state index contributed by atoms with van der Waals surface area (Å²) in [7, 11) is 1.58. The highest BCUT2D eigenvalue weighted by molar-refractivity contribution is 5.80. The van der Waals surface area contributed by atoms with E-state index in [1.165, 1.54) is 0 Å². The van der Waals surface area contributed by atoms with Gasteiger partial charge in [-0.15, -0.1) is 0 Å². The number of ether oxygens (including phenoxy) is 1. The second-order valence-electron chi connectivity index (χ2n) is 4.60. The van der Waals surface area contributed by atoms with Crippen LogP contribution in [0, 0.1) is 0 Å². The smallest absolute Gasteiger partial charge is 0.253 e. The summed E-state index contributed by atoms with van der Waals surface area (Å²) in [5.41, 5.74) is 1.08. The molecule has 0 atom stereocenters. The van der Waals surface area contributed by atoms with E-state index < -0.39 is 0 Å². The van der Waals surface area contributed by atoms with Crippen molar-refractivity contribution >= 4 is 16.8 Å². The van der Waals surface area contributed by atoms with Gasteiger partial charge in [0.05, 0.1) is 12.6 Å². The van der Waals surface area contributed by atoms with Crippen molar-refractivity contribution in [3.63, 3.8) is 0 Å². The van der Waals surface area contributed by atoms with Crippen molar-refractivity contribution in [1.29, 1.82) is 0 Å². The van der Waals surface area contributed by atoms with Gasteiger partial charge in [-0.25, -0.2) is 0 Å². The molecule has 5 nitrogen and oxygen atoms in total. The largest absolute Gasteiger partial charge is 0.497 e. The van der Waals surface area contributed by atoms with Crippen LogP contribution in [0.25, 0.3) is 10.9 Å².